The van der Waals surface area contributed by atoms with E-state index in [4.69, 9.17) is 0 Å². The molecule has 0 saturated carbocycles. The Bertz CT molecular complexity index is 162. The average Bonchev–Trinajstić information content (AvgIpc) is 2.10. The van der Waals surface area contributed by atoms with Gasteiger partial charge in [0.15, 0.2) is 0 Å². The zero-order chi connectivity index (χ0) is 6.85. The number of amidine groups is 1. The molecule has 0 bridgehead atoms. The van der Waals surface area contributed by atoms with Crippen LogP contribution < -0.4 is 5.32 Å². The lowest BCUT2D eigenvalue weighted by molar-refractivity contribution is -0.120. The van der Waals surface area contributed by atoms with Gasteiger partial charge in [0, 0.05) is 0 Å². The molecule has 0 radical (unpaired) electrons. The molecule has 0 aromatic heterocycles. The topological polar surface area (TPSA) is 41.5 Å². The maximum absolute atomic E-state index is 10.8. The molecule has 0 aliphatic carbocycles. The van der Waals surface area contributed by atoms with Crippen LogP contribution in [-0.4, -0.2) is 17.8 Å². The molecular formula is C6H10N2O. The van der Waals surface area contributed by atoms with Crippen LogP contribution in [0.3, 0.4) is 0 Å². The Labute approximate surface area is 54.2 Å². The van der Waals surface area contributed by atoms with Gasteiger partial charge in [-0.3, -0.25) is 9.79 Å². The summed E-state index contributed by atoms with van der Waals surface area (Å²) >= 11 is 0. The van der Waals surface area contributed by atoms with Gasteiger partial charge >= 0.3 is 0 Å². The minimum absolute atomic E-state index is 0.0370. The second kappa shape index (κ2) is 2.17. The SMILES string of the molecule is CCC1N=C(C)NC1=O. The van der Waals surface area contributed by atoms with Crippen molar-refractivity contribution in [2.75, 3.05) is 0 Å². The van der Waals surface area contributed by atoms with Crippen molar-refractivity contribution >= 4 is 11.7 Å². The molecule has 3 nitrogen and oxygen atoms in total. The second-order valence-electron chi connectivity index (χ2n) is 2.13. The highest BCUT2D eigenvalue weighted by Crippen LogP contribution is 2.02. The minimum Gasteiger partial charge on any atom is -0.313 e. The number of nitrogens with one attached hydrogen (secondary N) is 1. The first-order valence-corrected chi connectivity index (χ1v) is 3.09. The van der Waals surface area contributed by atoms with Crippen molar-refractivity contribution in [1.29, 1.82) is 0 Å². The Morgan fingerprint density at radius 1 is 1.78 bits per heavy atom. The Balaban J connectivity index is 2.64. The molecule has 0 aromatic carbocycles. The Hall–Kier alpha value is -0.860. The van der Waals surface area contributed by atoms with Crippen LogP contribution in [0.15, 0.2) is 4.99 Å². The molecule has 9 heavy (non-hydrogen) atoms. The van der Waals surface area contributed by atoms with E-state index < -0.39 is 0 Å². The van der Waals surface area contributed by atoms with Crippen molar-refractivity contribution in [1.82, 2.24) is 5.32 Å². The van der Waals surface area contributed by atoms with Gasteiger partial charge in [0.25, 0.3) is 0 Å². The standard InChI is InChI=1S/C6H10N2O/c1-3-5-6(9)8-4(2)7-5/h5H,3H2,1-2H3,(H,7,8,9). The first kappa shape index (κ1) is 6.26. The number of rotatable bonds is 1. The van der Waals surface area contributed by atoms with Crippen LogP contribution in [0.1, 0.15) is 20.3 Å². The van der Waals surface area contributed by atoms with E-state index in [-0.39, 0.29) is 11.9 Å². The normalized spacial score (nSPS) is 25.8. The first-order valence-electron chi connectivity index (χ1n) is 3.09. The summed E-state index contributed by atoms with van der Waals surface area (Å²) in [7, 11) is 0. The zero-order valence-corrected chi connectivity index (χ0v) is 5.64. The van der Waals surface area contributed by atoms with Crippen LogP contribution >= 0.6 is 0 Å². The summed E-state index contributed by atoms with van der Waals surface area (Å²) in [6, 6.07) is -0.120. The lowest BCUT2D eigenvalue weighted by Crippen LogP contribution is -2.26. The predicted octanol–water partition coefficient (Wildman–Crippen LogP) is 0.313. The number of hydrogen-bond donors (Lipinski definition) is 1. The van der Waals surface area contributed by atoms with E-state index in [1.54, 1.807) is 6.92 Å². The van der Waals surface area contributed by atoms with Gasteiger partial charge in [-0.2, -0.15) is 0 Å². The van der Waals surface area contributed by atoms with Crippen molar-refractivity contribution in [2.24, 2.45) is 4.99 Å². The molecule has 1 rings (SSSR count). The van der Waals surface area contributed by atoms with Gasteiger partial charge < -0.3 is 5.32 Å². The van der Waals surface area contributed by atoms with Gasteiger partial charge in [0.1, 0.15) is 11.9 Å². The summed E-state index contributed by atoms with van der Waals surface area (Å²) in [5.74, 6) is 0.779. The third-order valence-electron chi connectivity index (χ3n) is 1.34. The van der Waals surface area contributed by atoms with Crippen LogP contribution in [0.5, 0.6) is 0 Å². The van der Waals surface area contributed by atoms with Gasteiger partial charge in [-0.05, 0) is 13.3 Å². The van der Waals surface area contributed by atoms with Crippen molar-refractivity contribution in [3.05, 3.63) is 0 Å². The molecule has 0 aromatic rings. The monoisotopic (exact) mass is 126 g/mol. The molecule has 1 aliphatic heterocycles. The highest BCUT2D eigenvalue weighted by atomic mass is 16.2. The quantitative estimate of drug-likeness (QED) is 0.540. The number of hydrogen-bond acceptors (Lipinski definition) is 2. The molecule has 0 fully saturated rings. The molecule has 1 N–H and O–H groups in total. The number of carbonyl (C=O) groups is 1. The van der Waals surface area contributed by atoms with E-state index in [0.717, 1.165) is 12.3 Å². The molecule has 1 amide bonds. The molecule has 1 heterocycles. The number of carbonyl (C=O) groups excluding carboxylic acids is 1. The van der Waals surface area contributed by atoms with E-state index >= 15 is 0 Å². The smallest absolute Gasteiger partial charge is 0.250 e. The summed E-state index contributed by atoms with van der Waals surface area (Å²) in [4.78, 5) is 14.8. The fourth-order valence-corrected chi connectivity index (χ4v) is 0.863. The maximum Gasteiger partial charge on any atom is 0.250 e. The van der Waals surface area contributed by atoms with Crippen LogP contribution in [0.25, 0.3) is 0 Å². The van der Waals surface area contributed by atoms with Crippen LogP contribution in [0, 0.1) is 0 Å². The summed E-state index contributed by atoms with van der Waals surface area (Å²) in [6.07, 6.45) is 0.795. The average molecular weight is 126 g/mol. The second-order valence-corrected chi connectivity index (χ2v) is 2.13. The van der Waals surface area contributed by atoms with Crippen LogP contribution in [-0.2, 0) is 4.79 Å². The molecular weight excluding hydrogens is 116 g/mol. The molecule has 0 saturated heterocycles. The van der Waals surface area contributed by atoms with Gasteiger partial charge in [0.2, 0.25) is 5.91 Å². The number of aliphatic imine (C=N–C) groups is 1. The third-order valence-corrected chi connectivity index (χ3v) is 1.34. The molecule has 1 aliphatic rings. The van der Waals surface area contributed by atoms with Crippen molar-refractivity contribution < 1.29 is 4.79 Å². The third kappa shape index (κ3) is 1.09. The van der Waals surface area contributed by atoms with E-state index in [1.165, 1.54) is 0 Å². The highest BCUT2D eigenvalue weighted by Gasteiger charge is 2.21. The fourth-order valence-electron chi connectivity index (χ4n) is 0.863. The molecule has 50 valence electrons. The zero-order valence-electron chi connectivity index (χ0n) is 5.64. The van der Waals surface area contributed by atoms with Gasteiger partial charge in [-0.1, -0.05) is 6.92 Å². The molecule has 3 heteroatoms. The summed E-state index contributed by atoms with van der Waals surface area (Å²) < 4.78 is 0. The Kier molecular flexibility index (Phi) is 1.51. The number of nitrogens with zero attached hydrogens (tertiary/aromatic N) is 1. The lowest BCUT2D eigenvalue weighted by Gasteiger charge is -1.95. The van der Waals surface area contributed by atoms with Crippen molar-refractivity contribution in [2.45, 2.75) is 26.3 Å². The molecule has 1 unspecified atom stereocenters. The van der Waals surface area contributed by atoms with Crippen molar-refractivity contribution in [3.63, 3.8) is 0 Å². The maximum atomic E-state index is 10.8. The summed E-state index contributed by atoms with van der Waals surface area (Å²) in [5.41, 5.74) is 0. The Morgan fingerprint density at radius 2 is 2.44 bits per heavy atom. The predicted molar refractivity (Wildman–Crippen MR) is 35.3 cm³/mol. The molecule has 0 spiro atoms. The number of amides is 1. The van der Waals surface area contributed by atoms with E-state index in [1.807, 2.05) is 6.92 Å². The van der Waals surface area contributed by atoms with Crippen molar-refractivity contribution in [3.8, 4) is 0 Å². The largest absolute Gasteiger partial charge is 0.313 e. The summed E-state index contributed by atoms with van der Waals surface area (Å²) in [5, 5.41) is 2.63. The fraction of sp³-hybridized carbons (Fsp3) is 0.667. The van der Waals surface area contributed by atoms with E-state index in [9.17, 15) is 4.79 Å². The summed E-state index contributed by atoms with van der Waals surface area (Å²) in [6.45, 7) is 3.75. The Morgan fingerprint density at radius 3 is 2.67 bits per heavy atom. The van der Waals surface area contributed by atoms with E-state index in [2.05, 4.69) is 10.3 Å². The van der Waals surface area contributed by atoms with Crippen LogP contribution in [0.4, 0.5) is 0 Å². The minimum atomic E-state index is -0.120. The lowest BCUT2D eigenvalue weighted by atomic mass is 10.2. The first-order chi connectivity index (χ1) is 4.24. The van der Waals surface area contributed by atoms with Gasteiger partial charge in [0.05, 0.1) is 0 Å². The van der Waals surface area contributed by atoms with E-state index in [0.29, 0.717) is 0 Å². The van der Waals surface area contributed by atoms with Gasteiger partial charge in [-0.15, -0.1) is 0 Å². The highest BCUT2D eigenvalue weighted by molar-refractivity contribution is 6.04. The van der Waals surface area contributed by atoms with Gasteiger partial charge in [-0.25, -0.2) is 0 Å². The van der Waals surface area contributed by atoms with Crippen LogP contribution in [0.2, 0.25) is 0 Å². The molecule has 1 atom stereocenters.